The first-order chi connectivity index (χ1) is 8.48. The second-order valence-electron chi connectivity index (χ2n) is 4.23. The molecule has 1 aromatic rings. The maximum Gasteiger partial charge on any atom is 0.269 e. The molecule has 98 valence electrons. The highest BCUT2D eigenvalue weighted by Gasteiger charge is 2.40. The Morgan fingerprint density at radius 3 is 2.67 bits per heavy atom. The van der Waals surface area contributed by atoms with Crippen molar-refractivity contribution in [3.63, 3.8) is 0 Å². The van der Waals surface area contributed by atoms with Gasteiger partial charge in [-0.15, -0.1) is 0 Å². The van der Waals surface area contributed by atoms with Gasteiger partial charge in [-0.05, 0) is 47.2 Å². The fraction of sp³-hybridized carbons (Fsp3) is 0.417. The lowest BCUT2D eigenvalue weighted by Crippen LogP contribution is -2.30. The largest absolute Gasteiger partial charge is 0.269 e. The van der Waals surface area contributed by atoms with E-state index in [4.69, 9.17) is 0 Å². The van der Waals surface area contributed by atoms with Crippen molar-refractivity contribution in [3.05, 3.63) is 27.3 Å². The van der Waals surface area contributed by atoms with E-state index in [0.29, 0.717) is 12.0 Å². The Hall–Kier alpha value is -0.630. The van der Waals surface area contributed by atoms with Gasteiger partial charge in [0.05, 0.1) is 5.56 Å². The van der Waals surface area contributed by atoms with Gasteiger partial charge < -0.3 is 0 Å². The summed E-state index contributed by atoms with van der Waals surface area (Å²) in [6, 6.07) is 4.86. The number of hydrogen-bond donors (Lipinski definition) is 0. The molecule has 6 heteroatoms. The summed E-state index contributed by atoms with van der Waals surface area (Å²) in [4.78, 5) is 12.2. The number of carbonyl (C=O) groups is 1. The summed E-state index contributed by atoms with van der Waals surface area (Å²) in [5, 5.41) is 0. The monoisotopic (exact) mass is 379 g/mol. The summed E-state index contributed by atoms with van der Waals surface area (Å²) in [6.45, 7) is 2.32. The molecule has 1 aliphatic rings. The van der Waals surface area contributed by atoms with Crippen LogP contribution in [0.5, 0.6) is 0 Å². The molecule has 0 bridgehead atoms. The zero-order chi connectivity index (χ0) is 13.3. The molecule has 0 aromatic heterocycles. The molecule has 1 aromatic carbocycles. The Bertz CT molecular complexity index is 583. The van der Waals surface area contributed by atoms with E-state index in [9.17, 15) is 13.2 Å². The van der Waals surface area contributed by atoms with Crippen LogP contribution in [-0.4, -0.2) is 25.2 Å². The second-order valence-corrected chi connectivity index (χ2v) is 7.31. The summed E-state index contributed by atoms with van der Waals surface area (Å²) in [5.74, 6) is -0.389. The van der Waals surface area contributed by atoms with E-state index in [1.807, 2.05) is 6.92 Å². The molecule has 1 heterocycles. The number of fused-ring (bicyclic) bond motifs is 1. The number of rotatable bonds is 4. The first-order valence-corrected chi connectivity index (χ1v) is 8.37. The number of benzene rings is 1. The van der Waals surface area contributed by atoms with Crippen molar-refractivity contribution in [1.29, 1.82) is 0 Å². The fourth-order valence-electron chi connectivity index (χ4n) is 1.98. The molecule has 0 unspecified atom stereocenters. The Kier molecular flexibility index (Phi) is 3.96. The molecule has 0 saturated heterocycles. The van der Waals surface area contributed by atoms with Crippen molar-refractivity contribution >= 4 is 38.5 Å². The minimum atomic E-state index is -3.61. The first kappa shape index (κ1) is 13.8. The molecule has 18 heavy (non-hydrogen) atoms. The van der Waals surface area contributed by atoms with E-state index in [2.05, 4.69) is 22.6 Å². The summed E-state index contributed by atoms with van der Waals surface area (Å²) in [5.41, 5.74) is 0.304. The third kappa shape index (κ3) is 2.27. The van der Waals surface area contributed by atoms with Gasteiger partial charge in [0.2, 0.25) is 0 Å². The Labute approximate surface area is 121 Å². The van der Waals surface area contributed by atoms with Crippen molar-refractivity contribution in [2.75, 3.05) is 6.54 Å². The highest BCUT2D eigenvalue weighted by molar-refractivity contribution is 14.1. The van der Waals surface area contributed by atoms with Crippen LogP contribution < -0.4 is 0 Å². The molecule has 4 nitrogen and oxygen atoms in total. The molecule has 1 aliphatic heterocycles. The van der Waals surface area contributed by atoms with Gasteiger partial charge in [0, 0.05) is 10.1 Å². The molecule has 1 amide bonds. The van der Waals surface area contributed by atoms with E-state index < -0.39 is 10.0 Å². The highest BCUT2D eigenvalue weighted by Crippen LogP contribution is 2.31. The second kappa shape index (κ2) is 5.16. The first-order valence-electron chi connectivity index (χ1n) is 5.85. The zero-order valence-corrected chi connectivity index (χ0v) is 13.0. The molecule has 0 spiro atoms. The van der Waals surface area contributed by atoms with Gasteiger partial charge in [-0.25, -0.2) is 12.7 Å². The quantitative estimate of drug-likeness (QED) is 0.597. The summed E-state index contributed by atoms with van der Waals surface area (Å²) in [7, 11) is -3.61. The lowest BCUT2D eigenvalue weighted by molar-refractivity contribution is 0.0869. The van der Waals surface area contributed by atoms with Gasteiger partial charge in [0.25, 0.3) is 15.9 Å². The molecule has 2 rings (SSSR count). The maximum atomic E-state index is 12.2. The number of halogens is 1. The fourth-order valence-corrected chi connectivity index (χ4v) is 4.06. The van der Waals surface area contributed by atoms with Gasteiger partial charge >= 0.3 is 0 Å². The Morgan fingerprint density at radius 2 is 2.00 bits per heavy atom. The summed E-state index contributed by atoms with van der Waals surface area (Å²) in [6.07, 6.45) is 2.63. The normalized spacial score (nSPS) is 17.0. The van der Waals surface area contributed by atoms with Crippen LogP contribution in [0.25, 0.3) is 0 Å². The van der Waals surface area contributed by atoms with E-state index >= 15 is 0 Å². The van der Waals surface area contributed by atoms with Crippen molar-refractivity contribution < 1.29 is 13.2 Å². The Morgan fingerprint density at radius 1 is 1.28 bits per heavy atom. The number of amides is 1. The van der Waals surface area contributed by atoms with Gasteiger partial charge in [-0.2, -0.15) is 0 Å². The lowest BCUT2D eigenvalue weighted by Gasteiger charge is -2.14. The average molecular weight is 379 g/mol. The molecule has 0 saturated carbocycles. The van der Waals surface area contributed by atoms with Crippen molar-refractivity contribution in [2.45, 2.75) is 31.1 Å². The molecular weight excluding hydrogens is 365 g/mol. The third-order valence-electron chi connectivity index (χ3n) is 2.93. The van der Waals surface area contributed by atoms with Crippen LogP contribution in [0.15, 0.2) is 23.1 Å². The van der Waals surface area contributed by atoms with E-state index in [-0.39, 0.29) is 17.3 Å². The molecule has 0 fully saturated rings. The summed E-state index contributed by atoms with van der Waals surface area (Å²) >= 11 is 2.07. The van der Waals surface area contributed by atoms with Crippen LogP contribution in [0.3, 0.4) is 0 Å². The number of hydrogen-bond acceptors (Lipinski definition) is 3. The maximum absolute atomic E-state index is 12.2. The van der Waals surface area contributed by atoms with E-state index in [1.165, 1.54) is 6.07 Å². The lowest BCUT2D eigenvalue weighted by atomic mass is 10.2. The highest BCUT2D eigenvalue weighted by atomic mass is 127. The van der Waals surface area contributed by atoms with E-state index in [1.54, 1.807) is 12.1 Å². The molecular formula is C12H14INO3S. The van der Waals surface area contributed by atoms with Crippen LogP contribution in [0.1, 0.15) is 36.5 Å². The van der Waals surface area contributed by atoms with Crippen LogP contribution in [-0.2, 0) is 10.0 Å². The van der Waals surface area contributed by atoms with Gasteiger partial charge in [-0.1, -0.05) is 19.8 Å². The van der Waals surface area contributed by atoms with Crippen molar-refractivity contribution in [1.82, 2.24) is 4.31 Å². The van der Waals surface area contributed by atoms with Gasteiger partial charge in [0.15, 0.2) is 0 Å². The van der Waals surface area contributed by atoms with Crippen LogP contribution >= 0.6 is 22.6 Å². The molecule has 0 atom stereocenters. The topological polar surface area (TPSA) is 54.5 Å². The van der Waals surface area contributed by atoms with Gasteiger partial charge in [0.1, 0.15) is 4.90 Å². The van der Waals surface area contributed by atoms with Crippen LogP contribution in [0.4, 0.5) is 0 Å². The van der Waals surface area contributed by atoms with E-state index in [0.717, 1.165) is 20.7 Å². The zero-order valence-electron chi connectivity index (χ0n) is 10.0. The van der Waals surface area contributed by atoms with Crippen LogP contribution in [0, 0.1) is 3.57 Å². The SMILES string of the molecule is CCCCCN1C(=O)c2cc(I)ccc2S1(=O)=O. The number of carbonyl (C=O) groups excluding carboxylic acids is 1. The minimum Gasteiger partial charge on any atom is -0.268 e. The smallest absolute Gasteiger partial charge is 0.268 e. The average Bonchev–Trinajstić information content (AvgIpc) is 2.50. The predicted molar refractivity (Wildman–Crippen MR) is 76.9 cm³/mol. The van der Waals surface area contributed by atoms with Crippen LogP contribution in [0.2, 0.25) is 0 Å². The molecule has 0 N–H and O–H groups in total. The minimum absolute atomic E-state index is 0.143. The number of unbranched alkanes of at least 4 members (excludes halogenated alkanes) is 2. The van der Waals surface area contributed by atoms with Gasteiger partial charge in [-0.3, -0.25) is 4.79 Å². The Balaban J connectivity index is 2.35. The number of sulfonamides is 1. The molecule has 0 aliphatic carbocycles. The molecule has 0 radical (unpaired) electrons. The van der Waals surface area contributed by atoms with Crippen molar-refractivity contribution in [2.24, 2.45) is 0 Å². The number of nitrogens with zero attached hydrogens (tertiary/aromatic N) is 1. The standard InChI is InChI=1S/C12H14INO3S/c1-2-3-4-7-14-12(15)10-8-9(13)5-6-11(10)18(14,16)17/h5-6,8H,2-4,7H2,1H3. The van der Waals surface area contributed by atoms with Crippen molar-refractivity contribution in [3.8, 4) is 0 Å². The predicted octanol–water partition coefficient (Wildman–Crippen LogP) is 2.63. The summed E-state index contributed by atoms with van der Waals surface area (Å²) < 4.78 is 26.3. The third-order valence-corrected chi connectivity index (χ3v) is 5.44.